The maximum absolute atomic E-state index is 10.5. The van der Waals surface area contributed by atoms with Crippen LogP contribution in [0, 0.1) is 3.57 Å². The SMILES string of the molecule is CC(OC(N)=O)[C@H](O)c1ccccc1I. The van der Waals surface area contributed by atoms with Crippen molar-refractivity contribution in [3.05, 3.63) is 33.4 Å². The van der Waals surface area contributed by atoms with Crippen molar-refractivity contribution in [3.63, 3.8) is 0 Å². The lowest BCUT2D eigenvalue weighted by atomic mass is 10.1. The van der Waals surface area contributed by atoms with Gasteiger partial charge in [-0.15, -0.1) is 0 Å². The second-order valence-electron chi connectivity index (χ2n) is 3.11. The zero-order valence-electron chi connectivity index (χ0n) is 8.18. The molecule has 0 aliphatic rings. The largest absolute Gasteiger partial charge is 0.444 e. The summed E-state index contributed by atoms with van der Waals surface area (Å²) in [7, 11) is 0. The number of amides is 1. The number of carbonyl (C=O) groups is 1. The summed E-state index contributed by atoms with van der Waals surface area (Å²) in [6, 6.07) is 7.35. The van der Waals surface area contributed by atoms with Crippen molar-refractivity contribution >= 4 is 28.7 Å². The average Bonchev–Trinajstić information content (AvgIpc) is 2.16. The number of primary amides is 1. The van der Waals surface area contributed by atoms with Gasteiger partial charge in [-0.05, 0) is 41.1 Å². The van der Waals surface area contributed by atoms with Crippen molar-refractivity contribution in [1.29, 1.82) is 0 Å². The van der Waals surface area contributed by atoms with Crippen molar-refractivity contribution in [2.24, 2.45) is 5.73 Å². The molecule has 0 radical (unpaired) electrons. The van der Waals surface area contributed by atoms with Gasteiger partial charge >= 0.3 is 6.09 Å². The summed E-state index contributed by atoms with van der Waals surface area (Å²) in [4.78, 5) is 10.5. The topological polar surface area (TPSA) is 72.5 Å². The Kier molecular flexibility index (Phi) is 4.34. The van der Waals surface area contributed by atoms with Crippen molar-refractivity contribution < 1.29 is 14.6 Å². The van der Waals surface area contributed by atoms with E-state index in [-0.39, 0.29) is 0 Å². The number of ether oxygens (including phenoxy) is 1. The highest BCUT2D eigenvalue weighted by Gasteiger charge is 2.20. The van der Waals surface area contributed by atoms with Crippen LogP contribution in [0.4, 0.5) is 4.79 Å². The minimum absolute atomic E-state index is 0.654. The number of nitrogens with two attached hydrogens (primary N) is 1. The molecule has 0 spiro atoms. The molecule has 0 aromatic heterocycles. The Labute approximate surface area is 102 Å². The number of benzene rings is 1. The van der Waals surface area contributed by atoms with E-state index >= 15 is 0 Å². The van der Waals surface area contributed by atoms with Crippen molar-refractivity contribution in [3.8, 4) is 0 Å². The normalized spacial score (nSPS) is 14.3. The molecule has 1 amide bonds. The predicted octanol–water partition coefficient (Wildman–Crippen LogP) is 1.81. The highest BCUT2D eigenvalue weighted by Crippen LogP contribution is 2.23. The highest BCUT2D eigenvalue weighted by molar-refractivity contribution is 14.1. The van der Waals surface area contributed by atoms with E-state index in [1.807, 2.05) is 18.2 Å². The Morgan fingerprint density at radius 1 is 1.53 bits per heavy atom. The quantitative estimate of drug-likeness (QED) is 0.834. The van der Waals surface area contributed by atoms with Gasteiger partial charge in [0.2, 0.25) is 0 Å². The molecule has 1 unspecified atom stereocenters. The summed E-state index contributed by atoms with van der Waals surface area (Å²) >= 11 is 2.11. The molecule has 2 atom stereocenters. The Balaban J connectivity index is 2.80. The lowest BCUT2D eigenvalue weighted by Gasteiger charge is -2.19. The van der Waals surface area contributed by atoms with Gasteiger partial charge in [0.15, 0.2) is 0 Å². The summed E-state index contributed by atoms with van der Waals surface area (Å²) in [5.74, 6) is 0. The fourth-order valence-electron chi connectivity index (χ4n) is 1.22. The maximum atomic E-state index is 10.5. The summed E-state index contributed by atoms with van der Waals surface area (Å²) in [5, 5.41) is 9.88. The van der Waals surface area contributed by atoms with E-state index in [4.69, 9.17) is 10.5 Å². The number of aliphatic hydroxyl groups excluding tert-OH is 1. The molecule has 3 N–H and O–H groups in total. The summed E-state index contributed by atoms with van der Waals surface area (Å²) in [5.41, 5.74) is 5.60. The third kappa shape index (κ3) is 3.35. The van der Waals surface area contributed by atoms with E-state index in [2.05, 4.69) is 22.6 Å². The molecule has 1 rings (SSSR count). The minimum atomic E-state index is -0.882. The van der Waals surface area contributed by atoms with Gasteiger partial charge in [0.25, 0.3) is 0 Å². The molecular weight excluding hydrogens is 309 g/mol. The first kappa shape index (κ1) is 12.3. The van der Waals surface area contributed by atoms with Gasteiger partial charge in [0.05, 0.1) is 0 Å². The first-order valence-electron chi connectivity index (χ1n) is 4.41. The molecule has 0 aliphatic carbocycles. The summed E-state index contributed by atoms with van der Waals surface area (Å²) < 4.78 is 5.63. The number of halogens is 1. The van der Waals surface area contributed by atoms with Gasteiger partial charge < -0.3 is 15.6 Å². The minimum Gasteiger partial charge on any atom is -0.444 e. The molecular formula is C10H12INO3. The number of carbonyl (C=O) groups excluding carboxylic acids is 1. The molecule has 1 aromatic carbocycles. The van der Waals surface area contributed by atoms with Crippen LogP contribution >= 0.6 is 22.6 Å². The van der Waals surface area contributed by atoms with Crippen LogP contribution in [0.3, 0.4) is 0 Å². The molecule has 0 fully saturated rings. The number of rotatable bonds is 3. The van der Waals surface area contributed by atoms with Crippen LogP contribution in [0.2, 0.25) is 0 Å². The van der Waals surface area contributed by atoms with Crippen molar-refractivity contribution in [2.45, 2.75) is 19.1 Å². The fraction of sp³-hybridized carbons (Fsp3) is 0.300. The molecule has 0 saturated heterocycles. The monoisotopic (exact) mass is 321 g/mol. The fourth-order valence-corrected chi connectivity index (χ4v) is 1.92. The zero-order chi connectivity index (χ0) is 11.4. The Bertz CT molecular complexity index is 356. The standard InChI is InChI=1S/C10H12INO3/c1-6(15-10(12)14)9(13)7-4-2-3-5-8(7)11/h2-6,9,13H,1H3,(H2,12,14)/t6?,9-/m0/s1. The van der Waals surface area contributed by atoms with Crippen LogP contribution in [0.15, 0.2) is 24.3 Å². The van der Waals surface area contributed by atoms with Crippen LogP contribution in [0.1, 0.15) is 18.6 Å². The molecule has 15 heavy (non-hydrogen) atoms. The van der Waals surface area contributed by atoms with Crippen LogP contribution in [-0.2, 0) is 4.74 Å². The lowest BCUT2D eigenvalue weighted by Crippen LogP contribution is -2.26. The van der Waals surface area contributed by atoms with E-state index < -0.39 is 18.3 Å². The Hall–Kier alpha value is -0.820. The summed E-state index contributed by atoms with van der Waals surface area (Å²) in [6.07, 6.45) is -2.39. The number of hydrogen-bond donors (Lipinski definition) is 2. The first-order chi connectivity index (χ1) is 7.02. The second kappa shape index (κ2) is 5.32. The lowest BCUT2D eigenvalue weighted by molar-refractivity contribution is 0.0154. The smallest absolute Gasteiger partial charge is 0.404 e. The van der Waals surface area contributed by atoms with Crippen LogP contribution < -0.4 is 5.73 Å². The van der Waals surface area contributed by atoms with Gasteiger partial charge in [-0.25, -0.2) is 4.79 Å². The van der Waals surface area contributed by atoms with Crippen molar-refractivity contribution in [1.82, 2.24) is 0 Å². The molecule has 0 aliphatic heterocycles. The van der Waals surface area contributed by atoms with Crippen LogP contribution in [0.25, 0.3) is 0 Å². The highest BCUT2D eigenvalue weighted by atomic mass is 127. The van der Waals surface area contributed by atoms with Gasteiger partial charge in [-0.2, -0.15) is 0 Å². The van der Waals surface area contributed by atoms with E-state index in [1.165, 1.54) is 0 Å². The third-order valence-electron chi connectivity index (χ3n) is 1.97. The predicted molar refractivity (Wildman–Crippen MR) is 64.2 cm³/mol. The number of hydrogen-bond acceptors (Lipinski definition) is 3. The van der Waals surface area contributed by atoms with E-state index in [0.29, 0.717) is 0 Å². The van der Waals surface area contributed by atoms with Gasteiger partial charge in [-0.1, -0.05) is 18.2 Å². The van der Waals surface area contributed by atoms with Gasteiger partial charge in [0, 0.05) is 3.57 Å². The van der Waals surface area contributed by atoms with E-state index in [1.54, 1.807) is 13.0 Å². The molecule has 1 aromatic rings. The third-order valence-corrected chi connectivity index (χ3v) is 2.95. The molecule has 4 nitrogen and oxygen atoms in total. The summed E-state index contributed by atoms with van der Waals surface area (Å²) in [6.45, 7) is 1.60. The molecule has 0 bridgehead atoms. The van der Waals surface area contributed by atoms with E-state index in [0.717, 1.165) is 9.13 Å². The molecule has 5 heteroatoms. The Morgan fingerprint density at radius 2 is 2.13 bits per heavy atom. The van der Waals surface area contributed by atoms with Gasteiger partial charge in [0.1, 0.15) is 12.2 Å². The van der Waals surface area contributed by atoms with Crippen LogP contribution in [0.5, 0.6) is 0 Å². The maximum Gasteiger partial charge on any atom is 0.404 e. The Morgan fingerprint density at radius 3 is 2.67 bits per heavy atom. The number of aliphatic hydroxyl groups is 1. The van der Waals surface area contributed by atoms with E-state index in [9.17, 15) is 9.90 Å². The van der Waals surface area contributed by atoms with Gasteiger partial charge in [-0.3, -0.25) is 0 Å². The zero-order valence-corrected chi connectivity index (χ0v) is 10.3. The molecule has 82 valence electrons. The van der Waals surface area contributed by atoms with Crippen molar-refractivity contribution in [2.75, 3.05) is 0 Å². The molecule has 0 saturated carbocycles. The first-order valence-corrected chi connectivity index (χ1v) is 5.49. The molecule has 0 heterocycles. The second-order valence-corrected chi connectivity index (χ2v) is 4.27. The van der Waals surface area contributed by atoms with Crippen LogP contribution in [-0.4, -0.2) is 17.3 Å². The average molecular weight is 321 g/mol.